The molecule has 0 aliphatic carbocycles. The van der Waals surface area contributed by atoms with E-state index in [1.54, 1.807) is 30.3 Å². The molecule has 0 saturated heterocycles. The van der Waals surface area contributed by atoms with Crippen molar-refractivity contribution >= 4 is 22.5 Å². The summed E-state index contributed by atoms with van der Waals surface area (Å²) in [5.74, 6) is 0.0560. The molecule has 2 N–H and O–H groups in total. The number of ether oxygens (including phenoxy) is 1. The number of hydrogen-bond donors (Lipinski definition) is 2. The maximum absolute atomic E-state index is 11.8. The number of nitro groups is 1. The first-order chi connectivity index (χ1) is 12.9. The van der Waals surface area contributed by atoms with Gasteiger partial charge in [0, 0.05) is 24.8 Å². The molecule has 1 aromatic heterocycles. The predicted molar refractivity (Wildman–Crippen MR) is 98.7 cm³/mol. The predicted octanol–water partition coefficient (Wildman–Crippen LogP) is 3.08. The smallest absolute Gasteiger partial charge is 0.279 e. The Bertz CT molecular complexity index is 1020. The van der Waals surface area contributed by atoms with Gasteiger partial charge in [-0.1, -0.05) is 12.1 Å². The minimum Gasteiger partial charge on any atom is -0.505 e. The average molecular weight is 367 g/mol. The first kappa shape index (κ1) is 18.1. The Morgan fingerprint density at radius 3 is 2.59 bits per heavy atom. The summed E-state index contributed by atoms with van der Waals surface area (Å²) in [6.07, 6.45) is 1.44. The molecule has 0 aliphatic heterocycles. The summed E-state index contributed by atoms with van der Waals surface area (Å²) in [6.45, 7) is 1.33. The third kappa shape index (κ3) is 3.50. The molecular formula is C19H17N3O5. The third-order valence-corrected chi connectivity index (χ3v) is 4.18. The lowest BCUT2D eigenvalue weighted by Crippen LogP contribution is -2.27. The van der Waals surface area contributed by atoms with Crippen LogP contribution in [0, 0.1) is 10.1 Å². The molecule has 8 heteroatoms. The van der Waals surface area contributed by atoms with Gasteiger partial charge in [-0.05, 0) is 29.8 Å². The van der Waals surface area contributed by atoms with Crippen LogP contribution in [0.3, 0.4) is 0 Å². The van der Waals surface area contributed by atoms with Crippen molar-refractivity contribution < 1.29 is 19.6 Å². The number of aromatic hydroxyl groups is 1. The highest BCUT2D eigenvalue weighted by molar-refractivity contribution is 5.93. The molecule has 1 unspecified atom stereocenters. The summed E-state index contributed by atoms with van der Waals surface area (Å²) in [5, 5.41) is 25.2. The molecule has 1 heterocycles. The van der Waals surface area contributed by atoms with Crippen LogP contribution in [0.5, 0.6) is 11.5 Å². The molecule has 0 radical (unpaired) electrons. The summed E-state index contributed by atoms with van der Waals surface area (Å²) < 4.78 is 5.13. The van der Waals surface area contributed by atoms with Crippen LogP contribution < -0.4 is 10.1 Å². The van der Waals surface area contributed by atoms with E-state index in [0.29, 0.717) is 11.3 Å². The van der Waals surface area contributed by atoms with Crippen LogP contribution >= 0.6 is 0 Å². The van der Waals surface area contributed by atoms with Crippen LogP contribution in [0.15, 0.2) is 48.7 Å². The second kappa shape index (κ2) is 7.28. The van der Waals surface area contributed by atoms with Crippen LogP contribution in [0.4, 0.5) is 5.69 Å². The van der Waals surface area contributed by atoms with Crippen molar-refractivity contribution in [2.24, 2.45) is 0 Å². The van der Waals surface area contributed by atoms with Gasteiger partial charge in [-0.15, -0.1) is 0 Å². The van der Waals surface area contributed by atoms with Crippen molar-refractivity contribution in [2.45, 2.75) is 13.0 Å². The number of rotatable bonds is 5. The number of amides is 1. The van der Waals surface area contributed by atoms with Crippen LogP contribution in [0.25, 0.3) is 10.9 Å². The topological polar surface area (TPSA) is 115 Å². The van der Waals surface area contributed by atoms with E-state index >= 15 is 0 Å². The zero-order chi connectivity index (χ0) is 19.6. The van der Waals surface area contributed by atoms with Gasteiger partial charge in [0.15, 0.2) is 0 Å². The van der Waals surface area contributed by atoms with Gasteiger partial charge in [-0.3, -0.25) is 19.9 Å². The Labute approximate surface area is 154 Å². The van der Waals surface area contributed by atoms with Gasteiger partial charge in [0.05, 0.1) is 23.5 Å². The second-order valence-corrected chi connectivity index (χ2v) is 5.90. The van der Waals surface area contributed by atoms with Crippen molar-refractivity contribution in [3.05, 3.63) is 69.9 Å². The van der Waals surface area contributed by atoms with E-state index < -0.39 is 11.0 Å². The van der Waals surface area contributed by atoms with E-state index in [4.69, 9.17) is 4.74 Å². The van der Waals surface area contributed by atoms with Gasteiger partial charge in [0.2, 0.25) is 5.91 Å². The molecule has 138 valence electrons. The van der Waals surface area contributed by atoms with Crippen LogP contribution in [0.1, 0.15) is 24.1 Å². The highest BCUT2D eigenvalue weighted by Gasteiger charge is 2.26. The molecule has 27 heavy (non-hydrogen) atoms. The number of phenolic OH excluding ortho intramolecular Hbond substituents is 1. The minimum atomic E-state index is -0.793. The fourth-order valence-electron chi connectivity index (χ4n) is 2.94. The Morgan fingerprint density at radius 2 is 2.00 bits per heavy atom. The van der Waals surface area contributed by atoms with Gasteiger partial charge >= 0.3 is 0 Å². The van der Waals surface area contributed by atoms with Gasteiger partial charge < -0.3 is 15.2 Å². The summed E-state index contributed by atoms with van der Waals surface area (Å²) >= 11 is 0. The van der Waals surface area contributed by atoms with Crippen LogP contribution in [0.2, 0.25) is 0 Å². The normalized spacial score (nSPS) is 11.8. The number of carbonyl (C=O) groups is 1. The first-order valence-corrected chi connectivity index (χ1v) is 8.08. The van der Waals surface area contributed by atoms with Crippen molar-refractivity contribution in [3.8, 4) is 11.5 Å². The SMILES string of the molecule is COc1ccc(C(NC(C)=O)c2cc([N+](=O)[O-])c3cccnc3c2O)cc1. The molecule has 0 spiro atoms. The minimum absolute atomic E-state index is 0.102. The molecule has 3 rings (SSSR count). The van der Waals surface area contributed by atoms with Crippen LogP contribution in [-0.2, 0) is 4.79 Å². The molecule has 2 aromatic carbocycles. The fourth-order valence-corrected chi connectivity index (χ4v) is 2.94. The highest BCUT2D eigenvalue weighted by Crippen LogP contribution is 2.39. The maximum Gasteiger partial charge on any atom is 0.279 e. The number of nitrogens with one attached hydrogen (secondary N) is 1. The summed E-state index contributed by atoms with van der Waals surface area (Å²) in [5.41, 5.74) is 0.722. The summed E-state index contributed by atoms with van der Waals surface area (Å²) in [4.78, 5) is 26.8. The average Bonchev–Trinajstić information content (AvgIpc) is 2.66. The Morgan fingerprint density at radius 1 is 1.30 bits per heavy atom. The van der Waals surface area contributed by atoms with Crippen molar-refractivity contribution in [1.82, 2.24) is 10.3 Å². The number of carbonyl (C=O) groups excluding carboxylic acids is 1. The molecular weight excluding hydrogens is 350 g/mol. The van der Waals surface area contributed by atoms with Crippen LogP contribution in [-0.4, -0.2) is 28.0 Å². The molecule has 0 saturated carbocycles. The maximum atomic E-state index is 11.8. The molecule has 0 bridgehead atoms. The second-order valence-electron chi connectivity index (χ2n) is 5.90. The van der Waals surface area contributed by atoms with E-state index in [9.17, 15) is 20.0 Å². The lowest BCUT2D eigenvalue weighted by atomic mass is 9.95. The van der Waals surface area contributed by atoms with Gasteiger partial charge in [-0.2, -0.15) is 0 Å². The van der Waals surface area contributed by atoms with E-state index in [2.05, 4.69) is 10.3 Å². The largest absolute Gasteiger partial charge is 0.505 e. The monoisotopic (exact) mass is 367 g/mol. The number of hydrogen-bond acceptors (Lipinski definition) is 6. The zero-order valence-corrected chi connectivity index (χ0v) is 14.7. The van der Waals surface area contributed by atoms with Gasteiger partial charge in [0.25, 0.3) is 5.69 Å². The Hall–Kier alpha value is -3.68. The standard InChI is InChI=1S/C19H17N3O5/c1-11(23)21-17(12-5-7-13(27-2)8-6-12)15-10-16(22(25)26)14-4-3-9-20-18(14)19(15)24/h3-10,17,24H,1-2H3,(H,21,23). The Balaban J connectivity index is 2.24. The number of nitro benzene ring substituents is 1. The van der Waals surface area contributed by atoms with Gasteiger partial charge in [0.1, 0.15) is 17.0 Å². The number of aromatic nitrogens is 1. The molecule has 1 atom stereocenters. The Kier molecular flexibility index (Phi) is 4.89. The quantitative estimate of drug-likeness (QED) is 0.529. The number of benzene rings is 2. The highest BCUT2D eigenvalue weighted by atomic mass is 16.6. The molecule has 0 aliphatic rings. The summed E-state index contributed by atoms with van der Waals surface area (Å²) in [7, 11) is 1.53. The zero-order valence-electron chi connectivity index (χ0n) is 14.7. The lowest BCUT2D eigenvalue weighted by Gasteiger charge is -2.21. The fraction of sp³-hybridized carbons (Fsp3) is 0.158. The van der Waals surface area contributed by atoms with E-state index in [-0.39, 0.29) is 33.8 Å². The van der Waals surface area contributed by atoms with E-state index in [1.165, 1.54) is 32.4 Å². The number of non-ortho nitro benzene ring substituents is 1. The lowest BCUT2D eigenvalue weighted by molar-refractivity contribution is -0.383. The van der Waals surface area contributed by atoms with Crippen molar-refractivity contribution in [3.63, 3.8) is 0 Å². The first-order valence-electron chi connectivity index (χ1n) is 8.08. The summed E-state index contributed by atoms with van der Waals surface area (Å²) in [6, 6.07) is 10.4. The number of fused-ring (bicyclic) bond motifs is 1. The third-order valence-electron chi connectivity index (χ3n) is 4.18. The number of phenols is 1. The molecule has 3 aromatic rings. The number of nitrogens with zero attached hydrogens (tertiary/aromatic N) is 2. The van der Waals surface area contributed by atoms with E-state index in [1.807, 2.05) is 0 Å². The molecule has 1 amide bonds. The number of methoxy groups -OCH3 is 1. The van der Waals surface area contributed by atoms with Crippen molar-refractivity contribution in [2.75, 3.05) is 7.11 Å². The van der Waals surface area contributed by atoms with Gasteiger partial charge in [-0.25, -0.2) is 0 Å². The molecule has 0 fully saturated rings. The van der Waals surface area contributed by atoms with E-state index in [0.717, 1.165) is 0 Å². The number of pyridine rings is 1. The molecule has 8 nitrogen and oxygen atoms in total. The van der Waals surface area contributed by atoms with Crippen molar-refractivity contribution in [1.29, 1.82) is 0 Å².